The van der Waals surface area contributed by atoms with Crippen LogP contribution in [0.2, 0.25) is 0 Å². The van der Waals surface area contributed by atoms with Gasteiger partial charge in [0.15, 0.2) is 16.7 Å². The van der Waals surface area contributed by atoms with Crippen molar-refractivity contribution in [2.75, 3.05) is 24.3 Å². The highest BCUT2D eigenvalue weighted by Gasteiger charge is 2.18. The summed E-state index contributed by atoms with van der Waals surface area (Å²) in [7, 11) is 0. The Morgan fingerprint density at radius 3 is 2.58 bits per heavy atom. The number of fused-ring (bicyclic) bond motifs is 4. The van der Waals surface area contributed by atoms with Crippen molar-refractivity contribution in [2.45, 2.75) is 11.7 Å². The average molecular weight is 500 g/mol. The Kier molecular flexibility index (Phi) is 5.78. The highest BCUT2D eigenvalue weighted by atomic mass is 32.2. The van der Waals surface area contributed by atoms with E-state index in [4.69, 9.17) is 9.47 Å². The van der Waals surface area contributed by atoms with Gasteiger partial charge in [0.05, 0.1) is 23.2 Å². The maximum atomic E-state index is 13.3. The minimum Gasteiger partial charge on any atom is -0.486 e. The molecule has 3 aromatic carbocycles. The zero-order chi connectivity index (χ0) is 24.5. The normalized spacial score (nSPS) is 12.7. The van der Waals surface area contributed by atoms with Crippen LogP contribution in [0.15, 0.2) is 82.7 Å². The highest BCUT2D eigenvalue weighted by Crippen LogP contribution is 2.32. The standard InChI is InChI=1S/C26H21N5O4S/c32-23(27-18-10-11-21-22(14-18)35-13-12-34-21)16-36-26-29-28-25-30(15-17-6-2-1-3-7-17)24(33)19-8-4-5-9-20(19)31(25)26/h1-11,14H,12-13,15-16H2,(H,27,32). The van der Waals surface area contributed by atoms with Crippen molar-refractivity contribution in [3.63, 3.8) is 0 Å². The molecular formula is C26H21N5O4S. The number of thioether (sulfide) groups is 1. The number of nitrogens with zero attached hydrogens (tertiary/aromatic N) is 4. The Labute approximate surface area is 209 Å². The second-order valence-electron chi connectivity index (χ2n) is 8.21. The van der Waals surface area contributed by atoms with E-state index in [0.29, 0.717) is 58.8 Å². The molecule has 1 amide bonds. The molecule has 0 unspecified atom stereocenters. The topological polar surface area (TPSA) is 99.8 Å². The molecule has 1 aliphatic heterocycles. The van der Waals surface area contributed by atoms with Gasteiger partial charge in [-0.3, -0.25) is 18.6 Å². The molecule has 2 aromatic heterocycles. The first-order valence-corrected chi connectivity index (χ1v) is 12.4. The summed E-state index contributed by atoms with van der Waals surface area (Å²) in [5.74, 6) is 1.61. The first-order valence-electron chi connectivity index (χ1n) is 11.4. The van der Waals surface area contributed by atoms with Crippen LogP contribution in [0.1, 0.15) is 5.56 Å². The molecule has 0 bridgehead atoms. The van der Waals surface area contributed by atoms with Gasteiger partial charge in [-0.2, -0.15) is 0 Å². The van der Waals surface area contributed by atoms with Crippen LogP contribution in [-0.4, -0.2) is 44.0 Å². The van der Waals surface area contributed by atoms with Gasteiger partial charge in [0.2, 0.25) is 11.7 Å². The first kappa shape index (κ1) is 22.2. The van der Waals surface area contributed by atoms with Crippen LogP contribution >= 0.6 is 11.8 Å². The molecule has 0 radical (unpaired) electrons. The van der Waals surface area contributed by atoms with Crippen molar-refractivity contribution in [3.05, 3.63) is 88.7 Å². The summed E-state index contributed by atoms with van der Waals surface area (Å²) in [6, 6.07) is 22.4. The molecule has 6 rings (SSSR count). The van der Waals surface area contributed by atoms with Crippen LogP contribution < -0.4 is 20.3 Å². The van der Waals surface area contributed by atoms with Gasteiger partial charge >= 0.3 is 0 Å². The molecule has 1 aliphatic rings. The molecule has 1 N–H and O–H groups in total. The monoisotopic (exact) mass is 499 g/mol. The molecule has 0 aliphatic carbocycles. The van der Waals surface area contributed by atoms with Crippen LogP contribution in [0, 0.1) is 0 Å². The molecule has 180 valence electrons. The molecule has 9 nitrogen and oxygen atoms in total. The van der Waals surface area contributed by atoms with Gasteiger partial charge in [0.25, 0.3) is 5.56 Å². The van der Waals surface area contributed by atoms with E-state index in [1.165, 1.54) is 11.8 Å². The van der Waals surface area contributed by atoms with E-state index >= 15 is 0 Å². The second-order valence-corrected chi connectivity index (χ2v) is 9.15. The molecule has 0 saturated heterocycles. The van der Waals surface area contributed by atoms with Gasteiger partial charge in [0.1, 0.15) is 13.2 Å². The molecule has 0 atom stereocenters. The third-order valence-corrected chi connectivity index (χ3v) is 6.75. The van der Waals surface area contributed by atoms with Gasteiger partial charge in [-0.05, 0) is 29.8 Å². The molecule has 0 fully saturated rings. The lowest BCUT2D eigenvalue weighted by Gasteiger charge is -2.18. The van der Waals surface area contributed by atoms with Crippen molar-refractivity contribution in [1.29, 1.82) is 0 Å². The van der Waals surface area contributed by atoms with Gasteiger partial charge in [-0.25, -0.2) is 0 Å². The molecule has 10 heteroatoms. The van der Waals surface area contributed by atoms with Gasteiger partial charge in [-0.1, -0.05) is 54.2 Å². The first-order chi connectivity index (χ1) is 17.7. The van der Waals surface area contributed by atoms with E-state index in [1.807, 2.05) is 52.9 Å². The number of hydrogen-bond acceptors (Lipinski definition) is 7. The van der Waals surface area contributed by atoms with E-state index in [9.17, 15) is 9.59 Å². The molecule has 36 heavy (non-hydrogen) atoms. The summed E-state index contributed by atoms with van der Waals surface area (Å²) in [4.78, 5) is 26.0. The van der Waals surface area contributed by atoms with Crippen LogP contribution in [0.25, 0.3) is 16.7 Å². The Morgan fingerprint density at radius 2 is 1.72 bits per heavy atom. The number of nitrogens with one attached hydrogen (secondary N) is 1. The SMILES string of the molecule is O=C(CSc1nnc2n(Cc3ccccc3)c(=O)c3ccccc3n12)Nc1ccc2c(c1)OCCO2. The quantitative estimate of drug-likeness (QED) is 0.357. The molecule has 0 saturated carbocycles. The van der Waals surface area contributed by atoms with Crippen molar-refractivity contribution < 1.29 is 14.3 Å². The Hall–Kier alpha value is -4.31. The third-order valence-electron chi connectivity index (χ3n) is 5.82. The second kappa shape index (κ2) is 9.38. The van der Waals surface area contributed by atoms with Crippen molar-refractivity contribution in [3.8, 4) is 11.5 Å². The fraction of sp³-hybridized carbons (Fsp3) is 0.154. The van der Waals surface area contributed by atoms with E-state index < -0.39 is 0 Å². The van der Waals surface area contributed by atoms with E-state index in [2.05, 4.69) is 15.5 Å². The number of ether oxygens (including phenoxy) is 2. The molecule has 5 aromatic rings. The van der Waals surface area contributed by atoms with Crippen LogP contribution in [0.3, 0.4) is 0 Å². The lowest BCUT2D eigenvalue weighted by atomic mass is 10.2. The lowest BCUT2D eigenvalue weighted by molar-refractivity contribution is -0.113. The van der Waals surface area contributed by atoms with E-state index in [1.54, 1.807) is 28.8 Å². The third kappa shape index (κ3) is 4.16. The number of rotatable bonds is 6. The highest BCUT2D eigenvalue weighted by molar-refractivity contribution is 7.99. The predicted molar refractivity (Wildman–Crippen MR) is 137 cm³/mol. The summed E-state index contributed by atoms with van der Waals surface area (Å²) in [6.07, 6.45) is 0. The number of amides is 1. The van der Waals surface area contributed by atoms with Crippen molar-refractivity contribution in [1.82, 2.24) is 19.2 Å². The van der Waals surface area contributed by atoms with Crippen molar-refractivity contribution in [2.24, 2.45) is 0 Å². The predicted octanol–water partition coefficient (Wildman–Crippen LogP) is 3.59. The summed E-state index contributed by atoms with van der Waals surface area (Å²) in [5, 5.41) is 12.6. The number of aromatic nitrogens is 4. The zero-order valence-corrected chi connectivity index (χ0v) is 19.9. The summed E-state index contributed by atoms with van der Waals surface area (Å²) in [5.41, 5.74) is 2.16. The van der Waals surface area contributed by atoms with Gasteiger partial charge in [-0.15, -0.1) is 10.2 Å². The largest absolute Gasteiger partial charge is 0.486 e. The van der Waals surface area contributed by atoms with Crippen LogP contribution in [-0.2, 0) is 11.3 Å². The maximum Gasteiger partial charge on any atom is 0.263 e. The fourth-order valence-corrected chi connectivity index (χ4v) is 4.92. The molecular weight excluding hydrogens is 478 g/mol. The van der Waals surface area contributed by atoms with Gasteiger partial charge in [0, 0.05) is 11.8 Å². The van der Waals surface area contributed by atoms with E-state index in [0.717, 1.165) is 5.56 Å². The summed E-state index contributed by atoms with van der Waals surface area (Å²) < 4.78 is 14.6. The fourth-order valence-electron chi connectivity index (χ4n) is 4.18. The number of carbonyl (C=O) groups excluding carboxylic acids is 1. The van der Waals surface area contributed by atoms with Crippen molar-refractivity contribution >= 4 is 40.0 Å². The molecule has 0 spiro atoms. The number of anilines is 1. The number of para-hydroxylation sites is 1. The Morgan fingerprint density at radius 1 is 0.944 bits per heavy atom. The smallest absolute Gasteiger partial charge is 0.263 e. The molecule has 3 heterocycles. The zero-order valence-electron chi connectivity index (χ0n) is 19.1. The average Bonchev–Trinajstić information content (AvgIpc) is 3.34. The lowest BCUT2D eigenvalue weighted by Crippen LogP contribution is -2.24. The van der Waals surface area contributed by atoms with Crippen LogP contribution in [0.5, 0.6) is 11.5 Å². The maximum absolute atomic E-state index is 13.3. The Bertz CT molecular complexity index is 1650. The number of benzene rings is 3. The van der Waals surface area contributed by atoms with Gasteiger partial charge < -0.3 is 14.8 Å². The minimum absolute atomic E-state index is 0.112. The van der Waals surface area contributed by atoms with E-state index in [-0.39, 0.29) is 17.2 Å². The Balaban J connectivity index is 1.29. The summed E-state index contributed by atoms with van der Waals surface area (Å²) in [6.45, 7) is 1.35. The number of carbonyl (C=O) groups is 1. The van der Waals surface area contributed by atoms with Crippen LogP contribution in [0.4, 0.5) is 5.69 Å². The minimum atomic E-state index is -0.199. The number of hydrogen-bond donors (Lipinski definition) is 1. The summed E-state index contributed by atoms with van der Waals surface area (Å²) >= 11 is 1.25.